The highest BCUT2D eigenvalue weighted by Gasteiger charge is 2.54. The molecular weight excluding hydrogens is 212 g/mol. The van der Waals surface area contributed by atoms with Gasteiger partial charge in [-0.05, 0) is 65.7 Å². The smallest absolute Gasteiger partial charge is 0.0998 e. The highest BCUT2D eigenvalue weighted by Crippen LogP contribution is 2.48. The third-order valence-corrected chi connectivity index (χ3v) is 4.67. The van der Waals surface area contributed by atoms with Gasteiger partial charge in [0.15, 0.2) is 0 Å². The predicted molar refractivity (Wildman–Crippen MR) is 69.9 cm³/mol. The Bertz CT molecular complexity index is 313. The molecule has 0 saturated carbocycles. The maximum Gasteiger partial charge on any atom is 0.0998 e. The maximum absolute atomic E-state index is 10.6. The van der Waals surface area contributed by atoms with Gasteiger partial charge < -0.3 is 9.84 Å². The second-order valence-electron chi connectivity index (χ2n) is 6.44. The van der Waals surface area contributed by atoms with Gasteiger partial charge in [0, 0.05) is 0 Å². The minimum Gasteiger partial charge on any atom is -0.387 e. The highest BCUT2D eigenvalue weighted by atomic mass is 16.5. The van der Waals surface area contributed by atoms with Gasteiger partial charge in [0.1, 0.15) is 0 Å². The molecule has 0 aromatic carbocycles. The van der Waals surface area contributed by atoms with Gasteiger partial charge in [-0.25, -0.2) is 0 Å². The van der Waals surface area contributed by atoms with E-state index in [1.807, 2.05) is 13.8 Å². The first-order chi connectivity index (χ1) is 7.85. The molecule has 3 atom stereocenters. The molecule has 98 valence electrons. The van der Waals surface area contributed by atoms with E-state index in [1.54, 1.807) is 0 Å². The minimum atomic E-state index is -0.749. The van der Waals surface area contributed by atoms with Crippen LogP contribution in [0.4, 0.5) is 0 Å². The summed E-state index contributed by atoms with van der Waals surface area (Å²) in [5.74, 6) is 0.469. The van der Waals surface area contributed by atoms with Crippen molar-refractivity contribution in [1.29, 1.82) is 0 Å². The van der Waals surface area contributed by atoms with E-state index in [4.69, 9.17) is 4.74 Å². The topological polar surface area (TPSA) is 29.5 Å². The van der Waals surface area contributed by atoms with E-state index < -0.39 is 5.60 Å². The predicted octanol–water partition coefficient (Wildman–Crippen LogP) is 3.44. The van der Waals surface area contributed by atoms with Crippen molar-refractivity contribution in [3.05, 3.63) is 11.6 Å². The molecule has 1 saturated heterocycles. The summed E-state index contributed by atoms with van der Waals surface area (Å²) in [4.78, 5) is 0. The average molecular weight is 238 g/mol. The van der Waals surface area contributed by atoms with Crippen molar-refractivity contribution in [2.45, 2.75) is 77.1 Å². The minimum absolute atomic E-state index is 0.286. The van der Waals surface area contributed by atoms with Crippen LogP contribution in [0.5, 0.6) is 0 Å². The van der Waals surface area contributed by atoms with Crippen molar-refractivity contribution in [3.8, 4) is 0 Å². The van der Waals surface area contributed by atoms with E-state index in [-0.39, 0.29) is 11.7 Å². The first kappa shape index (κ1) is 13.1. The molecule has 1 fully saturated rings. The molecule has 0 aromatic heterocycles. The van der Waals surface area contributed by atoms with Crippen LogP contribution in [0.3, 0.4) is 0 Å². The standard InChI is InChI=1S/C15H26O2/c1-11-5-7-13(8-6-11)15(14(3,4)16)10-9-12(2)17-15/h5,12-13,16H,6-10H2,1-4H3. The lowest BCUT2D eigenvalue weighted by Crippen LogP contribution is -2.55. The monoisotopic (exact) mass is 238 g/mol. The van der Waals surface area contributed by atoms with Crippen LogP contribution in [0.1, 0.15) is 59.8 Å². The van der Waals surface area contributed by atoms with Crippen LogP contribution < -0.4 is 0 Å². The fraction of sp³-hybridized carbons (Fsp3) is 0.867. The van der Waals surface area contributed by atoms with Crippen LogP contribution in [0.2, 0.25) is 0 Å². The Hall–Kier alpha value is -0.340. The molecule has 1 heterocycles. The largest absolute Gasteiger partial charge is 0.387 e. The van der Waals surface area contributed by atoms with Gasteiger partial charge in [-0.2, -0.15) is 0 Å². The zero-order valence-corrected chi connectivity index (χ0v) is 11.6. The Labute approximate surface area is 105 Å². The van der Waals surface area contributed by atoms with Crippen LogP contribution >= 0.6 is 0 Å². The molecule has 2 nitrogen and oxygen atoms in total. The lowest BCUT2D eigenvalue weighted by atomic mass is 9.68. The molecule has 17 heavy (non-hydrogen) atoms. The van der Waals surface area contributed by atoms with Crippen molar-refractivity contribution in [2.75, 3.05) is 0 Å². The van der Waals surface area contributed by atoms with Crippen molar-refractivity contribution in [2.24, 2.45) is 5.92 Å². The first-order valence-electron chi connectivity index (χ1n) is 6.91. The van der Waals surface area contributed by atoms with Gasteiger partial charge in [0.05, 0.1) is 17.3 Å². The molecule has 0 radical (unpaired) electrons. The zero-order valence-electron chi connectivity index (χ0n) is 11.6. The lowest BCUT2D eigenvalue weighted by molar-refractivity contribution is -0.188. The van der Waals surface area contributed by atoms with E-state index in [2.05, 4.69) is 19.9 Å². The quantitative estimate of drug-likeness (QED) is 0.747. The summed E-state index contributed by atoms with van der Waals surface area (Å²) >= 11 is 0. The van der Waals surface area contributed by atoms with E-state index in [0.29, 0.717) is 5.92 Å². The molecule has 3 unspecified atom stereocenters. The molecule has 0 aromatic rings. The van der Waals surface area contributed by atoms with Gasteiger partial charge in [0.25, 0.3) is 0 Å². The van der Waals surface area contributed by atoms with Crippen molar-refractivity contribution in [1.82, 2.24) is 0 Å². The van der Waals surface area contributed by atoms with E-state index in [0.717, 1.165) is 32.1 Å². The zero-order chi connectivity index (χ0) is 12.7. The Kier molecular flexibility index (Phi) is 3.39. The summed E-state index contributed by atoms with van der Waals surface area (Å²) in [6.45, 7) is 8.15. The molecule has 2 rings (SSSR count). The Balaban J connectivity index is 2.23. The fourth-order valence-electron chi connectivity index (χ4n) is 3.53. The fourth-order valence-corrected chi connectivity index (χ4v) is 3.53. The number of hydrogen-bond donors (Lipinski definition) is 1. The van der Waals surface area contributed by atoms with E-state index in [1.165, 1.54) is 5.57 Å². The lowest BCUT2D eigenvalue weighted by Gasteiger charge is -2.46. The Morgan fingerprint density at radius 2 is 2.12 bits per heavy atom. The molecule has 0 bridgehead atoms. The summed E-state index contributed by atoms with van der Waals surface area (Å²) in [6.07, 6.45) is 8.04. The molecule has 2 aliphatic rings. The number of ether oxygens (including phenoxy) is 1. The number of aliphatic hydroxyl groups is 1. The molecule has 1 aliphatic heterocycles. The molecule has 1 N–H and O–H groups in total. The summed E-state index contributed by atoms with van der Waals surface area (Å²) in [5, 5.41) is 10.6. The number of rotatable bonds is 2. The first-order valence-corrected chi connectivity index (χ1v) is 6.91. The Morgan fingerprint density at radius 3 is 2.53 bits per heavy atom. The van der Waals surface area contributed by atoms with Crippen molar-refractivity contribution in [3.63, 3.8) is 0 Å². The van der Waals surface area contributed by atoms with Gasteiger partial charge in [-0.15, -0.1) is 0 Å². The molecule has 1 aliphatic carbocycles. The van der Waals surface area contributed by atoms with Crippen LogP contribution in [0.15, 0.2) is 11.6 Å². The molecule has 2 heteroatoms. The summed E-state index contributed by atoms with van der Waals surface area (Å²) in [5.41, 5.74) is 0.406. The van der Waals surface area contributed by atoms with Gasteiger partial charge in [-0.3, -0.25) is 0 Å². The van der Waals surface area contributed by atoms with Crippen molar-refractivity contribution >= 4 is 0 Å². The van der Waals surface area contributed by atoms with E-state index >= 15 is 0 Å². The Morgan fingerprint density at radius 1 is 1.41 bits per heavy atom. The van der Waals surface area contributed by atoms with Crippen molar-refractivity contribution < 1.29 is 9.84 Å². The maximum atomic E-state index is 10.6. The summed E-state index contributed by atoms with van der Waals surface area (Å²) in [6, 6.07) is 0. The summed E-state index contributed by atoms with van der Waals surface area (Å²) < 4.78 is 6.21. The second-order valence-corrected chi connectivity index (χ2v) is 6.44. The van der Waals surface area contributed by atoms with Gasteiger partial charge in [0.2, 0.25) is 0 Å². The third-order valence-electron chi connectivity index (χ3n) is 4.67. The van der Waals surface area contributed by atoms with Gasteiger partial charge in [-0.1, -0.05) is 11.6 Å². The van der Waals surface area contributed by atoms with Gasteiger partial charge >= 0.3 is 0 Å². The van der Waals surface area contributed by atoms with Crippen LogP contribution in [-0.4, -0.2) is 22.4 Å². The highest BCUT2D eigenvalue weighted by molar-refractivity contribution is 5.11. The average Bonchev–Trinajstić information content (AvgIpc) is 2.62. The third kappa shape index (κ3) is 2.30. The normalized spacial score (nSPS) is 39.2. The molecule has 0 amide bonds. The van der Waals surface area contributed by atoms with Crippen LogP contribution in [-0.2, 0) is 4.74 Å². The SMILES string of the molecule is CC1=CCC(C2(C(C)(C)O)CCC(C)O2)CC1. The second kappa shape index (κ2) is 4.40. The molecular formula is C15H26O2. The van der Waals surface area contributed by atoms with Crippen LogP contribution in [0, 0.1) is 5.92 Å². The van der Waals surface area contributed by atoms with E-state index in [9.17, 15) is 5.11 Å². The van der Waals surface area contributed by atoms with Crippen LogP contribution in [0.25, 0.3) is 0 Å². The number of hydrogen-bond acceptors (Lipinski definition) is 2. The summed E-state index contributed by atoms with van der Waals surface area (Å²) in [7, 11) is 0. The number of allylic oxidation sites excluding steroid dienone is 2. The molecule has 0 spiro atoms.